The molecule has 1 unspecified atom stereocenters. The van der Waals surface area contributed by atoms with Crippen LogP contribution in [0.25, 0.3) is 0 Å². The van der Waals surface area contributed by atoms with Gasteiger partial charge in [-0.15, -0.1) is 0 Å². The second-order valence-electron chi connectivity index (χ2n) is 3.92. The van der Waals surface area contributed by atoms with Crippen molar-refractivity contribution >= 4 is 0 Å². The van der Waals surface area contributed by atoms with E-state index in [0.29, 0.717) is 0 Å². The van der Waals surface area contributed by atoms with Crippen LogP contribution in [0, 0.1) is 0 Å². The third-order valence-corrected chi connectivity index (χ3v) is 2.82. The van der Waals surface area contributed by atoms with Crippen LogP contribution in [0.3, 0.4) is 0 Å². The first-order chi connectivity index (χ1) is 7.72. The lowest BCUT2D eigenvalue weighted by Gasteiger charge is -2.11. The lowest BCUT2D eigenvalue weighted by Crippen LogP contribution is -2.16. The number of nitrogens with two attached hydrogens (primary N) is 1. The largest absolute Gasteiger partial charge is 0.469 e. The summed E-state index contributed by atoms with van der Waals surface area (Å²) >= 11 is 0. The number of aromatic nitrogens is 2. The van der Waals surface area contributed by atoms with Gasteiger partial charge >= 0.3 is 0 Å². The van der Waals surface area contributed by atoms with E-state index in [0.717, 1.165) is 30.0 Å². The van der Waals surface area contributed by atoms with E-state index in [1.54, 1.807) is 12.5 Å². The molecule has 1 atom stereocenters. The summed E-state index contributed by atoms with van der Waals surface area (Å²) in [5.74, 6) is 1.97. The zero-order valence-electron chi connectivity index (χ0n) is 9.68. The third kappa shape index (κ3) is 2.02. The molecule has 4 heteroatoms. The first kappa shape index (κ1) is 11.0. The van der Waals surface area contributed by atoms with Crippen LogP contribution in [0.1, 0.15) is 30.1 Å². The van der Waals surface area contributed by atoms with Gasteiger partial charge in [0.15, 0.2) is 0 Å². The van der Waals surface area contributed by atoms with E-state index in [-0.39, 0.29) is 6.04 Å². The molecule has 0 aliphatic carbocycles. The smallest absolute Gasteiger partial charge is 0.110 e. The van der Waals surface area contributed by atoms with E-state index in [9.17, 15) is 0 Å². The molecule has 2 rings (SSSR count). The summed E-state index contributed by atoms with van der Waals surface area (Å²) in [7, 11) is 1.98. The Morgan fingerprint density at radius 2 is 2.38 bits per heavy atom. The van der Waals surface area contributed by atoms with E-state index in [4.69, 9.17) is 10.2 Å². The van der Waals surface area contributed by atoms with Crippen LogP contribution in [0.2, 0.25) is 0 Å². The molecule has 0 spiro atoms. The quantitative estimate of drug-likeness (QED) is 0.853. The van der Waals surface area contributed by atoms with Crippen molar-refractivity contribution in [3.8, 4) is 0 Å². The Balaban J connectivity index is 2.14. The number of furan rings is 1. The molecule has 2 heterocycles. The second kappa shape index (κ2) is 4.53. The van der Waals surface area contributed by atoms with E-state index >= 15 is 0 Å². The molecular weight excluding hydrogens is 202 g/mol. The van der Waals surface area contributed by atoms with Crippen molar-refractivity contribution in [3.05, 3.63) is 41.9 Å². The fraction of sp³-hybridized carbons (Fsp3) is 0.417. The normalized spacial score (nSPS) is 12.9. The van der Waals surface area contributed by atoms with Gasteiger partial charge in [0.1, 0.15) is 11.6 Å². The molecule has 0 aromatic carbocycles. The summed E-state index contributed by atoms with van der Waals surface area (Å²) in [5, 5.41) is 0. The van der Waals surface area contributed by atoms with Gasteiger partial charge in [-0.3, -0.25) is 0 Å². The molecule has 2 N–H and O–H groups in total. The highest BCUT2D eigenvalue weighted by atomic mass is 16.3. The molecule has 0 radical (unpaired) electrons. The lowest BCUT2D eigenvalue weighted by molar-refractivity contribution is 0.504. The maximum Gasteiger partial charge on any atom is 0.110 e. The van der Waals surface area contributed by atoms with Gasteiger partial charge in [-0.2, -0.15) is 0 Å². The van der Waals surface area contributed by atoms with Crippen LogP contribution >= 0.6 is 0 Å². The van der Waals surface area contributed by atoms with Gasteiger partial charge < -0.3 is 14.7 Å². The van der Waals surface area contributed by atoms with Gasteiger partial charge in [0, 0.05) is 43.9 Å². The van der Waals surface area contributed by atoms with Crippen molar-refractivity contribution in [2.75, 3.05) is 0 Å². The molecule has 0 amide bonds. The predicted molar refractivity (Wildman–Crippen MR) is 61.9 cm³/mol. The molecule has 86 valence electrons. The van der Waals surface area contributed by atoms with Crippen molar-refractivity contribution in [3.63, 3.8) is 0 Å². The highest BCUT2D eigenvalue weighted by Crippen LogP contribution is 2.20. The Morgan fingerprint density at radius 1 is 1.56 bits per heavy atom. The fourth-order valence-electron chi connectivity index (χ4n) is 1.87. The third-order valence-electron chi connectivity index (χ3n) is 2.82. The molecule has 2 aromatic heterocycles. The number of imidazole rings is 1. The van der Waals surface area contributed by atoms with Crippen molar-refractivity contribution in [1.82, 2.24) is 9.55 Å². The molecular formula is C12H17N3O. The number of aryl methyl sites for hydroxylation is 2. The fourth-order valence-corrected chi connectivity index (χ4v) is 1.87. The molecule has 0 aliphatic heterocycles. The number of hydrogen-bond donors (Lipinski definition) is 1. The maximum atomic E-state index is 6.16. The molecule has 2 aromatic rings. The van der Waals surface area contributed by atoms with Crippen LogP contribution in [0.5, 0.6) is 0 Å². The molecule has 16 heavy (non-hydrogen) atoms. The Morgan fingerprint density at radius 3 is 3.00 bits per heavy atom. The first-order valence-corrected chi connectivity index (χ1v) is 5.50. The average Bonchev–Trinajstić information content (AvgIpc) is 2.87. The Bertz CT molecular complexity index is 458. The number of hydrogen-bond acceptors (Lipinski definition) is 3. The SMILES string of the molecule is CCc1occc1C(N)Cc1nccn1C. The van der Waals surface area contributed by atoms with Crippen LogP contribution in [-0.2, 0) is 19.9 Å². The highest BCUT2D eigenvalue weighted by molar-refractivity contribution is 5.22. The molecule has 0 bridgehead atoms. The molecule has 0 aliphatic rings. The van der Waals surface area contributed by atoms with E-state index in [1.165, 1.54) is 0 Å². The standard InChI is InChI=1S/C12H17N3O/c1-3-11-9(4-7-16-11)10(13)8-12-14-5-6-15(12)2/h4-7,10H,3,8,13H2,1-2H3. The van der Waals surface area contributed by atoms with Crippen molar-refractivity contribution in [2.45, 2.75) is 25.8 Å². The summed E-state index contributed by atoms with van der Waals surface area (Å²) in [6.07, 6.45) is 7.02. The van der Waals surface area contributed by atoms with Gasteiger partial charge in [-0.25, -0.2) is 4.98 Å². The Hall–Kier alpha value is -1.55. The number of rotatable bonds is 4. The zero-order valence-corrected chi connectivity index (χ0v) is 9.68. The van der Waals surface area contributed by atoms with Crippen LogP contribution in [0.4, 0.5) is 0 Å². The van der Waals surface area contributed by atoms with Crippen LogP contribution in [0.15, 0.2) is 29.1 Å². The Kier molecular flexibility index (Phi) is 3.10. The average molecular weight is 219 g/mol. The molecule has 0 saturated heterocycles. The predicted octanol–water partition coefficient (Wildman–Crippen LogP) is 1.82. The lowest BCUT2D eigenvalue weighted by atomic mass is 10.0. The Labute approximate surface area is 95.1 Å². The summed E-state index contributed by atoms with van der Waals surface area (Å²) in [6, 6.07) is 1.90. The van der Waals surface area contributed by atoms with E-state index < -0.39 is 0 Å². The molecule has 0 fully saturated rings. The minimum Gasteiger partial charge on any atom is -0.469 e. The van der Waals surface area contributed by atoms with Gasteiger partial charge in [0.2, 0.25) is 0 Å². The first-order valence-electron chi connectivity index (χ1n) is 5.50. The van der Waals surface area contributed by atoms with Crippen molar-refractivity contribution in [1.29, 1.82) is 0 Å². The van der Waals surface area contributed by atoms with E-state index in [2.05, 4.69) is 11.9 Å². The van der Waals surface area contributed by atoms with Crippen LogP contribution in [-0.4, -0.2) is 9.55 Å². The summed E-state index contributed by atoms with van der Waals surface area (Å²) in [6.45, 7) is 2.07. The van der Waals surface area contributed by atoms with Gasteiger partial charge in [-0.05, 0) is 6.07 Å². The minimum atomic E-state index is -0.0465. The van der Waals surface area contributed by atoms with Gasteiger partial charge in [-0.1, -0.05) is 6.92 Å². The molecule has 4 nitrogen and oxygen atoms in total. The van der Waals surface area contributed by atoms with Crippen molar-refractivity contribution in [2.24, 2.45) is 12.8 Å². The number of nitrogens with zero attached hydrogens (tertiary/aromatic N) is 2. The molecule has 0 saturated carbocycles. The van der Waals surface area contributed by atoms with Crippen LogP contribution < -0.4 is 5.73 Å². The minimum absolute atomic E-state index is 0.0465. The highest BCUT2D eigenvalue weighted by Gasteiger charge is 2.15. The summed E-state index contributed by atoms with van der Waals surface area (Å²) in [5.41, 5.74) is 7.25. The zero-order chi connectivity index (χ0) is 11.5. The summed E-state index contributed by atoms with van der Waals surface area (Å²) < 4.78 is 7.37. The topological polar surface area (TPSA) is 57.0 Å². The van der Waals surface area contributed by atoms with Gasteiger partial charge in [0.25, 0.3) is 0 Å². The van der Waals surface area contributed by atoms with Gasteiger partial charge in [0.05, 0.1) is 6.26 Å². The maximum absolute atomic E-state index is 6.16. The second-order valence-corrected chi connectivity index (χ2v) is 3.92. The monoisotopic (exact) mass is 219 g/mol. The van der Waals surface area contributed by atoms with E-state index in [1.807, 2.05) is 23.9 Å². The summed E-state index contributed by atoms with van der Waals surface area (Å²) in [4.78, 5) is 4.27. The van der Waals surface area contributed by atoms with Crippen molar-refractivity contribution < 1.29 is 4.42 Å².